The van der Waals surface area contributed by atoms with Gasteiger partial charge >= 0.3 is 0 Å². The van der Waals surface area contributed by atoms with Crippen LogP contribution in [0, 0.1) is 0 Å². The molecule has 0 radical (unpaired) electrons. The van der Waals surface area contributed by atoms with Crippen LogP contribution in [0.15, 0.2) is 48.5 Å². The Labute approximate surface area is 133 Å². The van der Waals surface area contributed by atoms with Gasteiger partial charge in [0, 0.05) is 0 Å². The fraction of sp³-hybridized carbons (Fsp3) is 0.368. The summed E-state index contributed by atoms with van der Waals surface area (Å²) in [5.41, 5.74) is 8.00. The van der Waals surface area contributed by atoms with Gasteiger partial charge in [0.1, 0.15) is 24.7 Å². The third-order valence-electron chi connectivity index (χ3n) is 3.51. The summed E-state index contributed by atoms with van der Waals surface area (Å²) in [7, 11) is 0. The molecule has 2 aromatic carbocycles. The van der Waals surface area contributed by atoms with Crippen molar-refractivity contribution >= 4 is 0 Å². The van der Waals surface area contributed by atoms with Crippen molar-refractivity contribution in [1.29, 1.82) is 0 Å². The zero-order chi connectivity index (χ0) is 15.8. The highest BCUT2D eigenvalue weighted by atomic mass is 16.5. The highest BCUT2D eigenvalue weighted by Crippen LogP contribution is 2.25. The number of nitrogens with two attached hydrogens (primary N) is 1. The summed E-state index contributed by atoms with van der Waals surface area (Å²) in [6.07, 6.45) is 0.898. The van der Waals surface area contributed by atoms with Gasteiger partial charge in [-0.05, 0) is 48.2 Å². The normalized spacial score (nSPS) is 10.7. The van der Waals surface area contributed by atoms with E-state index in [-0.39, 0.29) is 0 Å². The van der Waals surface area contributed by atoms with Gasteiger partial charge in [-0.3, -0.25) is 0 Å². The maximum absolute atomic E-state index is 5.84. The molecule has 0 aliphatic heterocycles. The molecule has 118 valence electrons. The van der Waals surface area contributed by atoms with E-state index in [1.54, 1.807) is 0 Å². The Kier molecular flexibility index (Phi) is 6.28. The monoisotopic (exact) mass is 299 g/mol. The SMILES string of the molecule is CC(C)c1ccccc1OCCOc1ccc(CCN)cc1. The van der Waals surface area contributed by atoms with Crippen molar-refractivity contribution in [3.05, 3.63) is 59.7 Å². The molecule has 0 spiro atoms. The number of ether oxygens (including phenoxy) is 2. The van der Waals surface area contributed by atoms with Gasteiger partial charge in [0.2, 0.25) is 0 Å². The molecule has 0 unspecified atom stereocenters. The van der Waals surface area contributed by atoms with Crippen LogP contribution < -0.4 is 15.2 Å². The number of benzene rings is 2. The Hall–Kier alpha value is -2.00. The van der Waals surface area contributed by atoms with E-state index in [4.69, 9.17) is 15.2 Å². The average molecular weight is 299 g/mol. The Balaban J connectivity index is 1.80. The van der Waals surface area contributed by atoms with Gasteiger partial charge in [-0.1, -0.05) is 44.2 Å². The van der Waals surface area contributed by atoms with Gasteiger partial charge in [0.25, 0.3) is 0 Å². The van der Waals surface area contributed by atoms with Crippen molar-refractivity contribution in [3.8, 4) is 11.5 Å². The first-order valence-electron chi connectivity index (χ1n) is 7.84. The van der Waals surface area contributed by atoms with Crippen LogP contribution >= 0.6 is 0 Å². The van der Waals surface area contributed by atoms with Crippen molar-refractivity contribution in [1.82, 2.24) is 0 Å². The summed E-state index contributed by atoms with van der Waals surface area (Å²) in [6.45, 7) is 6.07. The van der Waals surface area contributed by atoms with E-state index in [0.717, 1.165) is 17.9 Å². The molecule has 0 saturated heterocycles. The molecular formula is C19H25NO2. The molecule has 0 heterocycles. The average Bonchev–Trinajstić information content (AvgIpc) is 2.53. The van der Waals surface area contributed by atoms with Gasteiger partial charge in [-0.2, -0.15) is 0 Å². The van der Waals surface area contributed by atoms with Gasteiger partial charge in [0.15, 0.2) is 0 Å². The second-order valence-electron chi connectivity index (χ2n) is 5.57. The number of rotatable bonds is 8. The van der Waals surface area contributed by atoms with Crippen molar-refractivity contribution in [2.45, 2.75) is 26.2 Å². The largest absolute Gasteiger partial charge is 0.490 e. The van der Waals surface area contributed by atoms with Crippen LogP contribution in [0.3, 0.4) is 0 Å². The second kappa shape index (κ2) is 8.44. The predicted octanol–water partition coefficient (Wildman–Crippen LogP) is 3.77. The second-order valence-corrected chi connectivity index (χ2v) is 5.57. The Morgan fingerprint density at radius 3 is 2.27 bits per heavy atom. The summed E-state index contributed by atoms with van der Waals surface area (Å²) in [4.78, 5) is 0. The molecule has 0 amide bonds. The van der Waals surface area contributed by atoms with Gasteiger partial charge in [0.05, 0.1) is 0 Å². The first-order valence-corrected chi connectivity index (χ1v) is 7.84. The van der Waals surface area contributed by atoms with Gasteiger partial charge < -0.3 is 15.2 Å². The van der Waals surface area contributed by atoms with E-state index in [2.05, 4.69) is 32.0 Å². The standard InChI is InChI=1S/C19H25NO2/c1-15(2)18-5-3-4-6-19(18)22-14-13-21-17-9-7-16(8-10-17)11-12-20/h3-10,15H,11-14,20H2,1-2H3. The van der Waals surface area contributed by atoms with E-state index in [1.165, 1.54) is 11.1 Å². The summed E-state index contributed by atoms with van der Waals surface area (Å²) in [5, 5.41) is 0. The topological polar surface area (TPSA) is 44.5 Å². The predicted molar refractivity (Wildman–Crippen MR) is 90.7 cm³/mol. The molecule has 2 aromatic rings. The van der Waals surface area contributed by atoms with Crippen LogP contribution in [-0.4, -0.2) is 19.8 Å². The quantitative estimate of drug-likeness (QED) is 0.755. The Bertz CT molecular complexity index is 564. The summed E-state index contributed by atoms with van der Waals surface area (Å²) in [5.74, 6) is 2.26. The Morgan fingerprint density at radius 2 is 1.59 bits per heavy atom. The first kappa shape index (κ1) is 16.4. The summed E-state index contributed by atoms with van der Waals surface area (Å²) in [6, 6.07) is 16.2. The van der Waals surface area contributed by atoms with E-state index in [9.17, 15) is 0 Å². The molecule has 22 heavy (non-hydrogen) atoms. The molecule has 2 N–H and O–H groups in total. The number of hydrogen-bond acceptors (Lipinski definition) is 3. The molecule has 0 aliphatic rings. The Morgan fingerprint density at radius 1 is 0.909 bits per heavy atom. The number of hydrogen-bond donors (Lipinski definition) is 1. The maximum Gasteiger partial charge on any atom is 0.122 e. The third kappa shape index (κ3) is 4.78. The fourth-order valence-corrected chi connectivity index (χ4v) is 2.32. The van der Waals surface area contributed by atoms with Crippen LogP contribution in [-0.2, 0) is 6.42 Å². The smallest absolute Gasteiger partial charge is 0.122 e. The minimum Gasteiger partial charge on any atom is -0.490 e. The lowest BCUT2D eigenvalue weighted by Crippen LogP contribution is -2.10. The van der Waals surface area contributed by atoms with Crippen molar-refractivity contribution in [3.63, 3.8) is 0 Å². The molecular weight excluding hydrogens is 274 g/mol. The minimum atomic E-state index is 0.451. The van der Waals surface area contributed by atoms with E-state index in [1.807, 2.05) is 30.3 Å². The molecule has 0 aliphatic carbocycles. The number of para-hydroxylation sites is 1. The zero-order valence-electron chi connectivity index (χ0n) is 13.4. The van der Waals surface area contributed by atoms with E-state index < -0.39 is 0 Å². The molecule has 3 heteroatoms. The summed E-state index contributed by atoms with van der Waals surface area (Å²) < 4.78 is 11.5. The zero-order valence-corrected chi connectivity index (χ0v) is 13.4. The van der Waals surface area contributed by atoms with E-state index >= 15 is 0 Å². The van der Waals surface area contributed by atoms with Crippen molar-refractivity contribution in [2.24, 2.45) is 5.73 Å². The first-order chi connectivity index (χ1) is 10.7. The summed E-state index contributed by atoms with van der Waals surface area (Å²) >= 11 is 0. The van der Waals surface area contributed by atoms with Crippen LogP contribution in [0.5, 0.6) is 11.5 Å². The minimum absolute atomic E-state index is 0.451. The fourth-order valence-electron chi connectivity index (χ4n) is 2.32. The molecule has 0 saturated carbocycles. The third-order valence-corrected chi connectivity index (χ3v) is 3.51. The molecule has 0 aromatic heterocycles. The van der Waals surface area contributed by atoms with Crippen LogP contribution in [0.1, 0.15) is 30.9 Å². The van der Waals surface area contributed by atoms with Crippen molar-refractivity contribution in [2.75, 3.05) is 19.8 Å². The van der Waals surface area contributed by atoms with E-state index in [0.29, 0.717) is 25.7 Å². The molecule has 0 atom stereocenters. The van der Waals surface area contributed by atoms with Crippen LogP contribution in [0.25, 0.3) is 0 Å². The van der Waals surface area contributed by atoms with Crippen LogP contribution in [0.4, 0.5) is 0 Å². The molecule has 0 bridgehead atoms. The highest BCUT2D eigenvalue weighted by molar-refractivity contribution is 5.35. The molecule has 0 fully saturated rings. The van der Waals surface area contributed by atoms with Crippen LogP contribution in [0.2, 0.25) is 0 Å². The molecule has 3 nitrogen and oxygen atoms in total. The lowest BCUT2D eigenvalue weighted by molar-refractivity contribution is 0.215. The maximum atomic E-state index is 5.84. The lowest BCUT2D eigenvalue weighted by Gasteiger charge is -2.14. The highest BCUT2D eigenvalue weighted by Gasteiger charge is 2.06. The molecule has 2 rings (SSSR count). The van der Waals surface area contributed by atoms with Crippen molar-refractivity contribution < 1.29 is 9.47 Å². The lowest BCUT2D eigenvalue weighted by atomic mass is 10.0. The van der Waals surface area contributed by atoms with Gasteiger partial charge in [-0.15, -0.1) is 0 Å². The van der Waals surface area contributed by atoms with Gasteiger partial charge in [-0.25, -0.2) is 0 Å².